The zero-order valence-electron chi connectivity index (χ0n) is 15.3. The molecule has 1 heterocycles. The summed E-state index contributed by atoms with van der Waals surface area (Å²) in [5.74, 6) is 0.214. The van der Waals surface area contributed by atoms with Gasteiger partial charge in [-0.15, -0.1) is 0 Å². The average molecular weight is 343 g/mol. The number of aromatic hydroxyl groups is 1. The standard InChI is InChI=1S/C20H29N3O2/c1-20(9-5-17(25-2)6-10-20)23-11-7-16(8-12-23)22-18-13-15(14-21)3-4-19(18)24/h3-4,13,16-17,22,24H,5-12H2,1-2H3. The van der Waals surface area contributed by atoms with Crippen LogP contribution in [0.2, 0.25) is 0 Å². The first-order chi connectivity index (χ1) is 12.0. The quantitative estimate of drug-likeness (QED) is 0.819. The van der Waals surface area contributed by atoms with E-state index in [1.165, 1.54) is 12.8 Å². The van der Waals surface area contributed by atoms with Gasteiger partial charge < -0.3 is 15.2 Å². The summed E-state index contributed by atoms with van der Waals surface area (Å²) in [5, 5.41) is 22.5. The molecule has 136 valence electrons. The van der Waals surface area contributed by atoms with Crippen molar-refractivity contribution in [2.75, 3.05) is 25.5 Å². The van der Waals surface area contributed by atoms with Gasteiger partial charge in [-0.1, -0.05) is 0 Å². The Labute approximate surface area is 150 Å². The Morgan fingerprint density at radius 3 is 2.52 bits per heavy atom. The molecule has 0 atom stereocenters. The molecule has 5 nitrogen and oxygen atoms in total. The Kier molecular flexibility index (Phi) is 5.51. The van der Waals surface area contributed by atoms with Crippen molar-refractivity contribution in [2.45, 2.75) is 63.1 Å². The molecular weight excluding hydrogens is 314 g/mol. The molecule has 1 aromatic rings. The molecule has 0 bridgehead atoms. The summed E-state index contributed by atoms with van der Waals surface area (Å²) in [6, 6.07) is 7.43. The Morgan fingerprint density at radius 1 is 1.24 bits per heavy atom. The van der Waals surface area contributed by atoms with Crippen LogP contribution < -0.4 is 5.32 Å². The summed E-state index contributed by atoms with van der Waals surface area (Å²) in [4.78, 5) is 2.64. The van der Waals surface area contributed by atoms with Crippen LogP contribution in [0.1, 0.15) is 51.0 Å². The number of piperidine rings is 1. The molecule has 0 aromatic heterocycles. The van der Waals surface area contributed by atoms with Gasteiger partial charge in [-0.05, 0) is 63.6 Å². The number of anilines is 1. The predicted octanol–water partition coefficient (Wildman–Crippen LogP) is 3.49. The molecule has 5 heteroatoms. The van der Waals surface area contributed by atoms with E-state index < -0.39 is 0 Å². The van der Waals surface area contributed by atoms with E-state index in [9.17, 15) is 5.11 Å². The Hall–Kier alpha value is -1.77. The van der Waals surface area contributed by atoms with Gasteiger partial charge in [0, 0.05) is 31.8 Å². The summed E-state index contributed by atoms with van der Waals surface area (Å²) >= 11 is 0. The maximum Gasteiger partial charge on any atom is 0.138 e. The number of nitriles is 1. The van der Waals surface area contributed by atoms with Crippen molar-refractivity contribution >= 4 is 5.69 Å². The van der Waals surface area contributed by atoms with E-state index in [1.54, 1.807) is 18.2 Å². The zero-order valence-corrected chi connectivity index (χ0v) is 15.3. The number of ether oxygens (including phenoxy) is 1. The molecule has 0 spiro atoms. The van der Waals surface area contributed by atoms with E-state index in [0.29, 0.717) is 28.9 Å². The summed E-state index contributed by atoms with van der Waals surface area (Å²) in [6.07, 6.45) is 7.25. The number of hydrogen-bond acceptors (Lipinski definition) is 5. The highest BCUT2D eigenvalue weighted by Crippen LogP contribution is 2.36. The number of nitrogens with zero attached hydrogens (tertiary/aromatic N) is 2. The van der Waals surface area contributed by atoms with Gasteiger partial charge in [0.25, 0.3) is 0 Å². The van der Waals surface area contributed by atoms with Gasteiger partial charge in [-0.2, -0.15) is 5.26 Å². The predicted molar refractivity (Wildman–Crippen MR) is 98.7 cm³/mol. The van der Waals surface area contributed by atoms with E-state index in [2.05, 4.69) is 23.2 Å². The molecular formula is C20H29N3O2. The van der Waals surface area contributed by atoms with Gasteiger partial charge in [0.15, 0.2) is 0 Å². The maximum atomic E-state index is 10.0. The molecule has 3 rings (SSSR count). The molecule has 1 aliphatic carbocycles. The van der Waals surface area contributed by atoms with Gasteiger partial charge in [0.05, 0.1) is 23.4 Å². The SMILES string of the molecule is COC1CCC(C)(N2CCC(Nc3cc(C#N)ccc3O)CC2)CC1. The zero-order chi connectivity index (χ0) is 17.9. The monoisotopic (exact) mass is 343 g/mol. The van der Waals surface area contributed by atoms with Crippen molar-refractivity contribution in [3.63, 3.8) is 0 Å². The molecule has 2 N–H and O–H groups in total. The van der Waals surface area contributed by atoms with Crippen LogP contribution in [0.25, 0.3) is 0 Å². The van der Waals surface area contributed by atoms with Crippen LogP contribution in [0.15, 0.2) is 18.2 Å². The van der Waals surface area contributed by atoms with Gasteiger partial charge in [0.2, 0.25) is 0 Å². The lowest BCUT2D eigenvalue weighted by atomic mass is 9.79. The third-order valence-corrected chi connectivity index (χ3v) is 6.09. The van der Waals surface area contributed by atoms with Crippen LogP contribution >= 0.6 is 0 Å². The fraction of sp³-hybridized carbons (Fsp3) is 0.650. The van der Waals surface area contributed by atoms with E-state index in [-0.39, 0.29) is 5.75 Å². The molecule has 1 saturated carbocycles. The number of phenols is 1. The first-order valence-electron chi connectivity index (χ1n) is 9.31. The number of methoxy groups -OCH3 is 1. The van der Waals surface area contributed by atoms with E-state index in [4.69, 9.17) is 10.00 Å². The lowest BCUT2D eigenvalue weighted by molar-refractivity contribution is -0.0105. The van der Waals surface area contributed by atoms with Crippen LogP contribution in [0.4, 0.5) is 5.69 Å². The fourth-order valence-corrected chi connectivity index (χ4v) is 4.27. The number of hydrogen-bond donors (Lipinski definition) is 2. The molecule has 1 aromatic carbocycles. The molecule has 0 unspecified atom stereocenters. The van der Waals surface area contributed by atoms with Crippen LogP contribution in [0.3, 0.4) is 0 Å². The van der Waals surface area contributed by atoms with Crippen LogP contribution in [-0.4, -0.2) is 47.9 Å². The lowest BCUT2D eigenvalue weighted by Gasteiger charge is -2.48. The topological polar surface area (TPSA) is 68.5 Å². The van der Waals surface area contributed by atoms with Crippen molar-refractivity contribution < 1.29 is 9.84 Å². The van der Waals surface area contributed by atoms with Crippen molar-refractivity contribution in [2.24, 2.45) is 0 Å². The van der Waals surface area contributed by atoms with Crippen LogP contribution in [0, 0.1) is 11.3 Å². The maximum absolute atomic E-state index is 10.0. The van der Waals surface area contributed by atoms with Crippen molar-refractivity contribution in [3.05, 3.63) is 23.8 Å². The summed E-state index contributed by atoms with van der Waals surface area (Å²) < 4.78 is 5.51. The number of nitrogens with one attached hydrogen (secondary N) is 1. The first-order valence-corrected chi connectivity index (χ1v) is 9.31. The highest BCUT2D eigenvalue weighted by atomic mass is 16.5. The van der Waals surface area contributed by atoms with Crippen molar-refractivity contribution in [1.29, 1.82) is 5.26 Å². The third kappa shape index (κ3) is 4.08. The van der Waals surface area contributed by atoms with E-state index in [0.717, 1.165) is 38.8 Å². The Morgan fingerprint density at radius 2 is 1.92 bits per heavy atom. The van der Waals surface area contributed by atoms with Gasteiger partial charge >= 0.3 is 0 Å². The number of likely N-dealkylation sites (tertiary alicyclic amines) is 1. The second kappa shape index (κ2) is 7.63. The minimum Gasteiger partial charge on any atom is -0.506 e. The molecule has 1 aliphatic heterocycles. The van der Waals surface area contributed by atoms with Gasteiger partial charge in [-0.3, -0.25) is 4.90 Å². The highest BCUT2D eigenvalue weighted by Gasteiger charge is 2.37. The molecule has 0 radical (unpaired) electrons. The van der Waals surface area contributed by atoms with Crippen LogP contribution in [-0.2, 0) is 4.74 Å². The molecule has 25 heavy (non-hydrogen) atoms. The molecule has 1 saturated heterocycles. The minimum absolute atomic E-state index is 0.214. The fourth-order valence-electron chi connectivity index (χ4n) is 4.27. The largest absolute Gasteiger partial charge is 0.506 e. The van der Waals surface area contributed by atoms with Crippen LogP contribution in [0.5, 0.6) is 5.75 Å². The number of phenolic OH excluding ortho intramolecular Hbond substituents is 1. The van der Waals surface area contributed by atoms with Crippen molar-refractivity contribution in [1.82, 2.24) is 4.90 Å². The molecule has 2 fully saturated rings. The summed E-state index contributed by atoms with van der Waals surface area (Å²) in [7, 11) is 1.82. The smallest absolute Gasteiger partial charge is 0.138 e. The van der Waals surface area contributed by atoms with E-state index >= 15 is 0 Å². The summed E-state index contributed by atoms with van der Waals surface area (Å²) in [6.45, 7) is 4.55. The van der Waals surface area contributed by atoms with Crippen molar-refractivity contribution in [3.8, 4) is 11.8 Å². The third-order valence-electron chi connectivity index (χ3n) is 6.09. The Balaban J connectivity index is 1.55. The number of rotatable bonds is 4. The molecule has 0 amide bonds. The molecule has 2 aliphatic rings. The van der Waals surface area contributed by atoms with E-state index in [1.807, 2.05) is 7.11 Å². The minimum atomic E-state index is 0.214. The highest BCUT2D eigenvalue weighted by molar-refractivity contribution is 5.59. The second-order valence-corrected chi connectivity index (χ2v) is 7.68. The van der Waals surface area contributed by atoms with Gasteiger partial charge in [-0.25, -0.2) is 0 Å². The number of benzene rings is 1. The van der Waals surface area contributed by atoms with Gasteiger partial charge in [0.1, 0.15) is 5.75 Å². The lowest BCUT2D eigenvalue weighted by Crippen LogP contribution is -2.53. The summed E-state index contributed by atoms with van der Waals surface area (Å²) in [5.41, 5.74) is 1.53. The first kappa shape index (κ1) is 18.0. The Bertz CT molecular complexity index is 624. The second-order valence-electron chi connectivity index (χ2n) is 7.68. The normalized spacial score (nSPS) is 28.4. The average Bonchev–Trinajstić information content (AvgIpc) is 2.65.